The van der Waals surface area contributed by atoms with Crippen LogP contribution in [0.3, 0.4) is 0 Å². The number of pyridine rings is 4. The summed E-state index contributed by atoms with van der Waals surface area (Å²) in [6, 6.07) is 44.6. The van der Waals surface area contributed by atoms with E-state index in [2.05, 4.69) is 324 Å². The molecule has 0 saturated heterocycles. The van der Waals surface area contributed by atoms with Crippen LogP contribution in [0.2, 0.25) is 0 Å². The van der Waals surface area contributed by atoms with Gasteiger partial charge in [-0.25, -0.2) is 18.3 Å². The molecule has 0 fully saturated rings. The fourth-order valence-electron chi connectivity index (χ4n) is 9.04. The van der Waals surface area contributed by atoms with E-state index < -0.39 is 24.1 Å². The minimum Gasteiger partial charge on any atom is -1.00 e. The van der Waals surface area contributed by atoms with E-state index in [1.54, 1.807) is 0 Å². The maximum Gasteiger partial charge on any atom is -1.00 e. The minimum absolute atomic E-state index is 0. The summed E-state index contributed by atoms with van der Waals surface area (Å²) in [5, 5.41) is 0. The summed E-state index contributed by atoms with van der Waals surface area (Å²) in [6.45, 7) is 30.0. The summed E-state index contributed by atoms with van der Waals surface area (Å²) in [5.74, 6) is 1.91. The molecule has 0 radical (unpaired) electrons. The molecule has 2 aliphatic rings. The number of hydrogen-bond donors (Lipinski definition) is 0. The van der Waals surface area contributed by atoms with E-state index in [4.69, 9.17) is 0 Å². The van der Waals surface area contributed by atoms with E-state index in [9.17, 15) is 67.2 Å². The molecule has 4 aromatic heterocycles. The molecule has 3 unspecified atom stereocenters. The van der Waals surface area contributed by atoms with Crippen LogP contribution in [0.4, 0.5) is 67.2 Å². The monoisotopic (exact) mass is 1480 g/mol. The molecule has 0 spiro atoms. The van der Waals surface area contributed by atoms with E-state index in [1.807, 2.05) is 0 Å². The van der Waals surface area contributed by atoms with Crippen molar-refractivity contribution in [1.29, 1.82) is 0 Å². The SMILES string of the molecule is CCC.CCC(C)c1ccc(CN2C=CC(=C3C=CN(CC)C=C3)C=C2)cc1.CCC(C)c1ccc(C[n+]2ccc(-c3cc[n+](CC)cc3)cc2)cc1.CCC(C)c1ccc(C[n+]2ccc(-c3cc[n+](CC)cc3)cc2)cc1.FP(F)(F)(F)F.FP(F)(F)(F)F.F[P-](F)(F)(F)(F)F.[F-].[F-]. The van der Waals surface area contributed by atoms with Gasteiger partial charge in [-0.3, -0.25) is 0 Å². The summed E-state index contributed by atoms with van der Waals surface area (Å²) >= 11 is 0. The second kappa shape index (κ2) is 39.0. The summed E-state index contributed by atoms with van der Waals surface area (Å²) in [4.78, 5) is 4.41. The number of halogens is 18. The van der Waals surface area contributed by atoms with E-state index in [0.717, 1.165) is 39.3 Å². The minimum atomic E-state index is -10.7. The Bertz CT molecular complexity index is 3400. The number of benzene rings is 3. The van der Waals surface area contributed by atoms with Gasteiger partial charge in [-0.1, -0.05) is 135 Å². The molecule has 550 valence electrons. The Morgan fingerprint density at radius 2 is 0.556 bits per heavy atom. The van der Waals surface area contributed by atoms with Crippen LogP contribution in [-0.2, 0) is 32.7 Å². The average Bonchev–Trinajstić information content (AvgIpc) is 0.791. The predicted molar refractivity (Wildman–Crippen MR) is 365 cm³/mol. The second-order valence-corrected chi connectivity index (χ2v) is 27.6. The summed E-state index contributed by atoms with van der Waals surface area (Å²) in [6.07, 6.45) is 39.4. The maximum absolute atomic E-state index is 10.7. The number of allylic oxidation sites excluding steroid dienone is 6. The van der Waals surface area contributed by atoms with Gasteiger partial charge in [0.25, 0.3) is 0 Å². The Morgan fingerprint density at radius 3 is 0.768 bits per heavy atom. The van der Waals surface area contributed by atoms with Crippen molar-refractivity contribution in [3.05, 3.63) is 265 Å². The Kier molecular flexibility index (Phi) is 35.3. The van der Waals surface area contributed by atoms with Crippen molar-refractivity contribution in [2.75, 3.05) is 6.54 Å². The number of hydrogen-bond acceptors (Lipinski definition) is 2. The molecule has 0 aliphatic carbocycles. The molecule has 6 nitrogen and oxygen atoms in total. The zero-order valence-corrected chi connectivity index (χ0v) is 60.1. The number of nitrogens with zero attached hydrogens (tertiary/aromatic N) is 6. The fraction of sp³-hybridized carbons (Fsp3) is 0.333. The van der Waals surface area contributed by atoms with Gasteiger partial charge in [-0.05, 0) is 138 Å². The Labute approximate surface area is 572 Å². The molecule has 3 atom stereocenters. The van der Waals surface area contributed by atoms with E-state index in [-0.39, 0.29) is 9.41 Å². The van der Waals surface area contributed by atoms with Gasteiger partial charge in [0, 0.05) is 97.5 Å². The molecule has 6 heterocycles. The smallest absolute Gasteiger partial charge is 1.00 e. The van der Waals surface area contributed by atoms with Crippen molar-refractivity contribution >= 4 is 24.1 Å². The van der Waals surface area contributed by atoms with Crippen LogP contribution >= 0.6 is 24.1 Å². The summed E-state index contributed by atoms with van der Waals surface area (Å²) in [5.41, 5.74) is 15.9. The number of aryl methyl sites for hydroxylation is 2. The third-order valence-corrected chi connectivity index (χ3v) is 15.0. The van der Waals surface area contributed by atoms with Crippen LogP contribution in [-0.4, -0.2) is 16.3 Å². The first-order valence-electron chi connectivity index (χ1n) is 31.9. The molecular weight excluding hydrogens is 1380 g/mol. The molecule has 7 aromatic rings. The van der Waals surface area contributed by atoms with Gasteiger partial charge in [0.15, 0.2) is 62.7 Å². The quantitative estimate of drug-likeness (QED) is 0.0515. The van der Waals surface area contributed by atoms with Gasteiger partial charge < -0.3 is 19.2 Å². The second-order valence-electron chi connectivity index (χ2n) is 23.1. The van der Waals surface area contributed by atoms with Gasteiger partial charge in [0.1, 0.15) is 13.1 Å². The summed E-state index contributed by atoms with van der Waals surface area (Å²) in [7, 11) is -27.8. The van der Waals surface area contributed by atoms with Crippen LogP contribution in [0, 0.1) is 0 Å². The number of aromatic nitrogens is 4. The van der Waals surface area contributed by atoms with Crippen LogP contribution < -0.4 is 27.7 Å². The zero-order chi connectivity index (χ0) is 73.0. The van der Waals surface area contributed by atoms with Gasteiger partial charge >= 0.3 is 91.3 Å². The van der Waals surface area contributed by atoms with Crippen LogP contribution in [0.5, 0.6) is 0 Å². The van der Waals surface area contributed by atoms with Gasteiger partial charge in [0.05, 0.1) is 0 Å². The van der Waals surface area contributed by atoms with E-state index in [1.165, 1.54) is 92.5 Å². The molecule has 0 N–H and O–H groups in total. The first-order valence-corrected chi connectivity index (χ1v) is 37.3. The molecule has 99 heavy (non-hydrogen) atoms. The third kappa shape index (κ3) is 41.7. The molecular formula is C72H92F18N6P3+. The van der Waals surface area contributed by atoms with E-state index >= 15 is 0 Å². The zero-order valence-electron chi connectivity index (χ0n) is 57.4. The van der Waals surface area contributed by atoms with Crippen molar-refractivity contribution in [3.8, 4) is 22.3 Å². The predicted octanol–water partition coefficient (Wildman–Crippen LogP) is 19.5. The average molecular weight is 1480 g/mol. The van der Waals surface area contributed by atoms with Crippen LogP contribution in [0.15, 0.2) is 231 Å². The molecule has 0 bridgehead atoms. The Morgan fingerprint density at radius 1 is 0.343 bits per heavy atom. The largest absolute Gasteiger partial charge is 1.00 e. The van der Waals surface area contributed by atoms with Crippen molar-refractivity contribution < 1.29 is 94.8 Å². The van der Waals surface area contributed by atoms with Gasteiger partial charge in [-0.2, -0.15) is 0 Å². The standard InChI is InChI=1S/3C23H28N2.C3H8.F6P.2F5P.2FH/c3*1-4-19(3)21-8-6-20(7-9-21)18-25-16-12-23(13-17-25)22-10-14-24(5-2)15-11-22;1-3-2;1-7(2,3,4,5)6;2*1-6(2,3,4)5;;/h3*6-17,19H,4-5,18H2,1-3H3;3H2,1-2H3;;;;2*1H/q;2*+2;;-1;;;;/p-2. The number of rotatable bonds is 17. The molecule has 0 amide bonds. The molecule has 27 heteroatoms. The molecule has 9 rings (SSSR count). The van der Waals surface area contributed by atoms with Crippen molar-refractivity contribution in [2.24, 2.45) is 0 Å². The van der Waals surface area contributed by atoms with Crippen molar-refractivity contribution in [2.45, 2.75) is 152 Å². The fourth-order valence-corrected chi connectivity index (χ4v) is 9.04. The molecule has 2 aliphatic heterocycles. The maximum atomic E-state index is 9.87. The summed E-state index contributed by atoms with van der Waals surface area (Å²) < 4.78 is 166. The van der Waals surface area contributed by atoms with Crippen LogP contribution in [0.25, 0.3) is 22.3 Å². The Balaban J connectivity index is 0.000000638. The topological polar surface area (TPSA) is 22.0 Å². The van der Waals surface area contributed by atoms with E-state index in [0.29, 0.717) is 17.8 Å². The third-order valence-electron chi connectivity index (χ3n) is 15.0. The first-order chi connectivity index (χ1) is 44.9. The van der Waals surface area contributed by atoms with Crippen LogP contribution in [0.1, 0.15) is 153 Å². The Hall–Kier alpha value is -7.41. The van der Waals surface area contributed by atoms with Crippen molar-refractivity contribution in [1.82, 2.24) is 9.80 Å². The molecule has 0 saturated carbocycles. The first kappa shape index (κ1) is 89.6. The van der Waals surface area contributed by atoms with Crippen molar-refractivity contribution in [3.63, 3.8) is 0 Å². The normalized spacial score (nSPS) is 14.7. The van der Waals surface area contributed by atoms with Gasteiger partial charge in [0.2, 0.25) is 0 Å². The van der Waals surface area contributed by atoms with Gasteiger partial charge in [-0.15, -0.1) is 0 Å². The molecule has 3 aromatic carbocycles.